The molecule has 1 aromatic heterocycles. The first-order valence-corrected chi connectivity index (χ1v) is 7.57. The van der Waals surface area contributed by atoms with E-state index in [0.717, 1.165) is 11.1 Å². The molecule has 0 unspecified atom stereocenters. The maximum Gasteiger partial charge on any atom is 0.203 e. The number of nitrogens with zero attached hydrogens (tertiary/aromatic N) is 4. The summed E-state index contributed by atoms with van der Waals surface area (Å²) in [5.74, 6) is 2.29. The Hall–Kier alpha value is -3.35. The van der Waals surface area contributed by atoms with Crippen LogP contribution in [0.1, 0.15) is 5.56 Å². The van der Waals surface area contributed by atoms with E-state index in [1.807, 2.05) is 36.4 Å². The van der Waals surface area contributed by atoms with Gasteiger partial charge in [0, 0.05) is 11.1 Å². The first-order valence-electron chi connectivity index (χ1n) is 7.57. The molecule has 0 N–H and O–H groups in total. The van der Waals surface area contributed by atoms with E-state index in [1.165, 1.54) is 0 Å². The molecule has 0 atom stereocenters. The fourth-order valence-corrected chi connectivity index (χ4v) is 2.44. The molecule has 2 aromatic carbocycles. The van der Waals surface area contributed by atoms with Gasteiger partial charge in [-0.15, -0.1) is 10.2 Å². The van der Waals surface area contributed by atoms with Crippen LogP contribution in [0, 0.1) is 0 Å². The molecule has 7 nitrogen and oxygen atoms in total. The Morgan fingerprint density at radius 3 is 2.36 bits per heavy atom. The van der Waals surface area contributed by atoms with Crippen molar-refractivity contribution < 1.29 is 14.2 Å². The fraction of sp³-hybridized carbons (Fsp3) is 0.167. The summed E-state index contributed by atoms with van der Waals surface area (Å²) < 4.78 is 17.7. The van der Waals surface area contributed by atoms with Gasteiger partial charge in [-0.25, -0.2) is 0 Å². The van der Waals surface area contributed by atoms with Crippen LogP contribution in [0.3, 0.4) is 0 Å². The lowest BCUT2D eigenvalue weighted by Gasteiger charge is -2.13. The molecular formula is C18H18N4O3. The van der Waals surface area contributed by atoms with Crippen molar-refractivity contribution in [1.29, 1.82) is 0 Å². The topological polar surface area (TPSA) is 70.8 Å². The number of hydrogen-bond donors (Lipinski definition) is 0. The summed E-state index contributed by atoms with van der Waals surface area (Å²) in [5, 5.41) is 12.5. The second-order valence-electron chi connectivity index (χ2n) is 5.03. The van der Waals surface area contributed by atoms with Gasteiger partial charge < -0.3 is 14.2 Å². The van der Waals surface area contributed by atoms with Crippen LogP contribution in [0.2, 0.25) is 0 Å². The first kappa shape index (κ1) is 16.5. The molecular weight excluding hydrogens is 320 g/mol. The SMILES string of the molecule is COc1ccc(/C=N\n2cnnc2-c2ccccc2)c(OC)c1OC. The average Bonchev–Trinajstić information content (AvgIpc) is 3.14. The third-order valence-corrected chi connectivity index (χ3v) is 3.62. The van der Waals surface area contributed by atoms with Crippen molar-refractivity contribution in [2.75, 3.05) is 21.3 Å². The Kier molecular flexibility index (Phi) is 4.94. The minimum atomic E-state index is 0.515. The fourth-order valence-electron chi connectivity index (χ4n) is 2.44. The molecule has 0 saturated carbocycles. The normalized spacial score (nSPS) is 10.8. The van der Waals surface area contributed by atoms with Crippen LogP contribution in [0.5, 0.6) is 17.2 Å². The summed E-state index contributed by atoms with van der Waals surface area (Å²) in [6, 6.07) is 13.4. The van der Waals surface area contributed by atoms with Gasteiger partial charge in [-0.3, -0.25) is 0 Å². The molecule has 0 saturated heterocycles. The summed E-state index contributed by atoms with van der Waals surface area (Å²) in [5.41, 5.74) is 1.67. The second kappa shape index (κ2) is 7.48. The standard InChI is InChI=1S/C18H18N4O3/c1-23-15-10-9-14(16(24-2)17(15)25-3)11-20-22-12-19-21-18(22)13-7-5-4-6-8-13/h4-12H,1-3H3/b20-11-. The Balaban J connectivity index is 1.98. The Bertz CT molecular complexity index is 875. The van der Waals surface area contributed by atoms with Gasteiger partial charge in [0.1, 0.15) is 6.33 Å². The first-order chi connectivity index (χ1) is 12.3. The summed E-state index contributed by atoms with van der Waals surface area (Å²) in [7, 11) is 4.71. The van der Waals surface area contributed by atoms with Gasteiger partial charge in [0.25, 0.3) is 0 Å². The van der Waals surface area contributed by atoms with Gasteiger partial charge in [-0.1, -0.05) is 30.3 Å². The highest BCUT2D eigenvalue weighted by molar-refractivity contribution is 5.86. The van der Waals surface area contributed by atoms with E-state index in [1.54, 1.807) is 44.6 Å². The highest BCUT2D eigenvalue weighted by atomic mass is 16.5. The maximum atomic E-state index is 5.46. The van der Waals surface area contributed by atoms with Crippen LogP contribution in [0.15, 0.2) is 53.9 Å². The molecule has 0 aliphatic heterocycles. The molecule has 7 heteroatoms. The molecule has 128 valence electrons. The van der Waals surface area contributed by atoms with Crippen LogP contribution in [0.4, 0.5) is 0 Å². The lowest BCUT2D eigenvalue weighted by molar-refractivity contribution is 0.324. The van der Waals surface area contributed by atoms with Crippen LogP contribution >= 0.6 is 0 Å². The van der Waals surface area contributed by atoms with E-state index in [0.29, 0.717) is 23.1 Å². The highest BCUT2D eigenvalue weighted by Gasteiger charge is 2.15. The average molecular weight is 338 g/mol. The van der Waals surface area contributed by atoms with Gasteiger partial charge in [-0.2, -0.15) is 9.78 Å². The number of aromatic nitrogens is 3. The monoisotopic (exact) mass is 338 g/mol. The zero-order chi connectivity index (χ0) is 17.6. The molecule has 0 aliphatic carbocycles. The van der Waals surface area contributed by atoms with Crippen molar-refractivity contribution in [3.05, 3.63) is 54.4 Å². The predicted molar refractivity (Wildman–Crippen MR) is 94.5 cm³/mol. The summed E-state index contributed by atoms with van der Waals surface area (Å²) in [4.78, 5) is 0. The zero-order valence-corrected chi connectivity index (χ0v) is 14.2. The third kappa shape index (κ3) is 3.30. The van der Waals surface area contributed by atoms with Crippen molar-refractivity contribution >= 4 is 6.21 Å². The zero-order valence-electron chi connectivity index (χ0n) is 14.2. The molecule has 1 heterocycles. The highest BCUT2D eigenvalue weighted by Crippen LogP contribution is 2.39. The second-order valence-corrected chi connectivity index (χ2v) is 5.03. The van der Waals surface area contributed by atoms with E-state index >= 15 is 0 Å². The van der Waals surface area contributed by atoms with Crippen molar-refractivity contribution in [3.8, 4) is 28.6 Å². The maximum absolute atomic E-state index is 5.46. The van der Waals surface area contributed by atoms with Crippen LogP contribution in [-0.2, 0) is 0 Å². The molecule has 25 heavy (non-hydrogen) atoms. The van der Waals surface area contributed by atoms with Crippen molar-refractivity contribution in [3.63, 3.8) is 0 Å². The lowest BCUT2D eigenvalue weighted by Crippen LogP contribution is -1.99. The smallest absolute Gasteiger partial charge is 0.203 e. The largest absolute Gasteiger partial charge is 0.493 e. The van der Waals surface area contributed by atoms with Gasteiger partial charge >= 0.3 is 0 Å². The van der Waals surface area contributed by atoms with E-state index in [9.17, 15) is 0 Å². The van der Waals surface area contributed by atoms with E-state index in [-0.39, 0.29) is 0 Å². The Labute approximate surface area is 145 Å². The van der Waals surface area contributed by atoms with E-state index in [2.05, 4.69) is 15.3 Å². The minimum absolute atomic E-state index is 0.515. The predicted octanol–water partition coefficient (Wildman–Crippen LogP) is 2.85. The number of hydrogen-bond acceptors (Lipinski definition) is 6. The summed E-state index contributed by atoms with van der Waals surface area (Å²) >= 11 is 0. The molecule has 0 bridgehead atoms. The molecule has 3 aromatic rings. The molecule has 3 rings (SSSR count). The summed E-state index contributed by atoms with van der Waals surface area (Å²) in [6.45, 7) is 0. The Morgan fingerprint density at radius 1 is 0.920 bits per heavy atom. The van der Waals surface area contributed by atoms with Crippen LogP contribution in [-0.4, -0.2) is 42.4 Å². The summed E-state index contributed by atoms with van der Waals surface area (Å²) in [6.07, 6.45) is 3.21. The molecule has 0 amide bonds. The number of benzene rings is 2. The van der Waals surface area contributed by atoms with E-state index in [4.69, 9.17) is 14.2 Å². The van der Waals surface area contributed by atoms with Gasteiger partial charge in [0.15, 0.2) is 17.3 Å². The van der Waals surface area contributed by atoms with Crippen LogP contribution < -0.4 is 14.2 Å². The number of rotatable bonds is 6. The number of ether oxygens (including phenoxy) is 3. The third-order valence-electron chi connectivity index (χ3n) is 3.62. The van der Waals surface area contributed by atoms with Gasteiger partial charge in [-0.05, 0) is 12.1 Å². The van der Waals surface area contributed by atoms with Crippen LogP contribution in [0.25, 0.3) is 11.4 Å². The van der Waals surface area contributed by atoms with Crippen molar-refractivity contribution in [2.45, 2.75) is 0 Å². The lowest BCUT2D eigenvalue weighted by atomic mass is 10.2. The molecule has 0 radical (unpaired) electrons. The molecule has 0 aliphatic rings. The van der Waals surface area contributed by atoms with Crippen molar-refractivity contribution in [2.24, 2.45) is 5.10 Å². The van der Waals surface area contributed by atoms with Crippen molar-refractivity contribution in [1.82, 2.24) is 14.9 Å². The Morgan fingerprint density at radius 2 is 1.68 bits per heavy atom. The molecule has 0 fully saturated rings. The minimum Gasteiger partial charge on any atom is -0.493 e. The van der Waals surface area contributed by atoms with E-state index < -0.39 is 0 Å². The number of methoxy groups -OCH3 is 3. The molecule has 0 spiro atoms. The quantitative estimate of drug-likeness (QED) is 0.646. The van der Waals surface area contributed by atoms with Gasteiger partial charge in [0.05, 0.1) is 27.5 Å². The van der Waals surface area contributed by atoms with Gasteiger partial charge in [0.2, 0.25) is 5.75 Å².